The third kappa shape index (κ3) is 70.5. The molecule has 0 saturated heterocycles. The van der Waals surface area contributed by atoms with Gasteiger partial charge < -0.3 is 33.8 Å². The molecule has 0 spiro atoms. The lowest BCUT2D eigenvalue weighted by molar-refractivity contribution is -0.161. The number of carbonyl (C=O) groups is 4. The van der Waals surface area contributed by atoms with Crippen molar-refractivity contribution >= 4 is 39.5 Å². The van der Waals surface area contributed by atoms with Crippen molar-refractivity contribution in [3.63, 3.8) is 0 Å². The maximum atomic E-state index is 13.1. The Morgan fingerprint density at radius 2 is 0.479 bits per heavy atom. The van der Waals surface area contributed by atoms with Crippen LogP contribution in [0.1, 0.15) is 407 Å². The maximum Gasteiger partial charge on any atom is 0.472 e. The number of aliphatic hydroxyl groups excluding tert-OH is 1. The molecule has 3 N–H and O–H groups in total. The number of hydrogen-bond acceptors (Lipinski definition) is 15. The average molecular weight is 1410 g/mol. The number of esters is 4. The molecule has 0 aromatic carbocycles. The molecule has 96 heavy (non-hydrogen) atoms. The molecule has 0 saturated carbocycles. The van der Waals surface area contributed by atoms with Crippen molar-refractivity contribution in [1.29, 1.82) is 0 Å². The lowest BCUT2D eigenvalue weighted by atomic mass is 10.0. The van der Waals surface area contributed by atoms with Gasteiger partial charge in [-0.2, -0.15) is 0 Å². The fourth-order valence-electron chi connectivity index (χ4n) is 11.9. The van der Waals surface area contributed by atoms with Crippen molar-refractivity contribution in [2.24, 2.45) is 5.92 Å². The van der Waals surface area contributed by atoms with E-state index in [1.165, 1.54) is 225 Å². The van der Waals surface area contributed by atoms with Crippen LogP contribution in [0.2, 0.25) is 0 Å². The van der Waals surface area contributed by atoms with Crippen molar-refractivity contribution in [3.05, 3.63) is 0 Å². The topological polar surface area (TPSA) is 237 Å². The molecule has 0 aromatic heterocycles. The van der Waals surface area contributed by atoms with Crippen LogP contribution in [0.25, 0.3) is 0 Å². The summed E-state index contributed by atoms with van der Waals surface area (Å²) in [7, 11) is -9.91. The number of phosphoric acid groups is 2. The van der Waals surface area contributed by atoms with Gasteiger partial charge in [0.2, 0.25) is 0 Å². The van der Waals surface area contributed by atoms with E-state index >= 15 is 0 Å². The Hall–Kier alpha value is -1.94. The Kier molecular flexibility index (Phi) is 68.7. The van der Waals surface area contributed by atoms with Crippen LogP contribution in [0.5, 0.6) is 0 Å². The van der Waals surface area contributed by atoms with Crippen LogP contribution in [0.3, 0.4) is 0 Å². The highest BCUT2D eigenvalue weighted by Gasteiger charge is 2.30. The number of aliphatic hydroxyl groups is 1. The van der Waals surface area contributed by atoms with Crippen LogP contribution >= 0.6 is 15.6 Å². The van der Waals surface area contributed by atoms with Gasteiger partial charge in [0, 0.05) is 25.7 Å². The van der Waals surface area contributed by atoms with E-state index in [0.717, 1.165) is 96.3 Å². The molecule has 0 amide bonds. The third-order valence-electron chi connectivity index (χ3n) is 18.0. The smallest absolute Gasteiger partial charge is 0.462 e. The molecule has 570 valence electrons. The monoisotopic (exact) mass is 1410 g/mol. The lowest BCUT2D eigenvalue weighted by Gasteiger charge is -2.21. The molecule has 0 bridgehead atoms. The zero-order chi connectivity index (χ0) is 70.5. The van der Waals surface area contributed by atoms with E-state index in [-0.39, 0.29) is 25.7 Å². The van der Waals surface area contributed by atoms with Gasteiger partial charge in [0.25, 0.3) is 0 Å². The van der Waals surface area contributed by atoms with E-state index in [0.29, 0.717) is 31.6 Å². The summed E-state index contributed by atoms with van der Waals surface area (Å²) in [6.45, 7) is 7.22. The van der Waals surface area contributed by atoms with Crippen LogP contribution in [0.15, 0.2) is 0 Å². The Bertz CT molecular complexity index is 1840. The van der Waals surface area contributed by atoms with Gasteiger partial charge in [-0.1, -0.05) is 356 Å². The zero-order valence-corrected chi connectivity index (χ0v) is 64.3. The molecule has 0 radical (unpaired) electrons. The van der Waals surface area contributed by atoms with Crippen LogP contribution in [-0.2, 0) is 65.4 Å². The molecule has 19 heteroatoms. The molecule has 2 unspecified atom stereocenters. The summed E-state index contributed by atoms with van der Waals surface area (Å²) < 4.78 is 68.5. The lowest BCUT2D eigenvalue weighted by Crippen LogP contribution is -2.30. The van der Waals surface area contributed by atoms with Crippen LogP contribution in [0, 0.1) is 5.92 Å². The van der Waals surface area contributed by atoms with Crippen molar-refractivity contribution in [2.75, 3.05) is 39.6 Å². The summed E-state index contributed by atoms with van der Waals surface area (Å²) in [6, 6.07) is 0. The number of rotatable bonds is 77. The minimum atomic E-state index is -4.96. The molecule has 0 aliphatic heterocycles. The standard InChI is InChI=1S/C77H150O17P2/c1-6-9-12-15-18-21-24-27-28-29-30-31-32-33-34-37-40-43-46-53-58-63-76(81)93-72(66-87-74(79)60-55-50-44-41-38-35-25-22-19-16-13-10-7-2)68-91-95(83,84)89-64-71(78)65-90-96(85,86)92-69-73(67-88-75(80)61-56-51-48-47-49-54-59-70(4)5)94-77(82)62-57-52-45-42-39-36-26-23-20-17-14-11-8-3/h70-73,78H,6-69H2,1-5H3,(H,83,84)(H,85,86)/t71-,72-,73-/m1/s1. The molecule has 0 heterocycles. The second-order valence-corrected chi connectivity index (χ2v) is 31.1. The van der Waals surface area contributed by atoms with Crippen LogP contribution in [-0.4, -0.2) is 96.7 Å². The van der Waals surface area contributed by atoms with Crippen LogP contribution in [0.4, 0.5) is 0 Å². The van der Waals surface area contributed by atoms with Gasteiger partial charge in [0.1, 0.15) is 19.3 Å². The minimum Gasteiger partial charge on any atom is -0.462 e. The molecular weight excluding hydrogens is 1260 g/mol. The first-order valence-corrected chi connectivity index (χ1v) is 43.1. The third-order valence-corrected chi connectivity index (χ3v) is 19.9. The van der Waals surface area contributed by atoms with E-state index < -0.39 is 97.5 Å². The molecule has 0 rings (SSSR count). The molecule has 0 aromatic rings. The zero-order valence-electron chi connectivity index (χ0n) is 62.5. The normalized spacial score (nSPS) is 13.9. The molecular formula is C77H150O17P2. The average Bonchev–Trinajstić information content (AvgIpc) is 1.35. The van der Waals surface area contributed by atoms with Gasteiger partial charge in [-0.05, 0) is 31.6 Å². The molecule has 17 nitrogen and oxygen atoms in total. The van der Waals surface area contributed by atoms with Crippen molar-refractivity contribution < 1.29 is 80.2 Å². The van der Waals surface area contributed by atoms with Crippen LogP contribution < -0.4 is 0 Å². The second kappa shape index (κ2) is 70.1. The fraction of sp³-hybridized carbons (Fsp3) is 0.948. The van der Waals surface area contributed by atoms with E-state index in [9.17, 15) is 43.2 Å². The molecule has 0 fully saturated rings. The fourth-order valence-corrected chi connectivity index (χ4v) is 13.5. The number of carbonyl (C=O) groups excluding carboxylic acids is 4. The SMILES string of the molecule is CCCCCCCCCCCCCCCCCCCCCCCC(=O)O[C@H](COC(=O)CCCCCCCCCCCCCCC)COP(=O)(O)OC[C@@H](O)COP(=O)(O)OC[C@@H](COC(=O)CCCCCCCCC(C)C)OC(=O)CCCCCCCCCCCCCCC. The summed E-state index contributed by atoms with van der Waals surface area (Å²) in [4.78, 5) is 72.8. The first-order chi connectivity index (χ1) is 46.5. The highest BCUT2D eigenvalue weighted by Crippen LogP contribution is 2.45. The number of hydrogen-bond donors (Lipinski definition) is 3. The van der Waals surface area contributed by atoms with Crippen molar-refractivity contribution in [2.45, 2.75) is 425 Å². The first-order valence-electron chi connectivity index (χ1n) is 40.1. The van der Waals surface area contributed by atoms with Gasteiger partial charge >= 0.3 is 39.5 Å². The molecule has 0 aliphatic carbocycles. The summed E-state index contributed by atoms with van der Waals surface area (Å²) in [5.74, 6) is -1.43. The second-order valence-electron chi connectivity index (χ2n) is 28.2. The van der Waals surface area contributed by atoms with Gasteiger partial charge in [-0.3, -0.25) is 37.3 Å². The highest BCUT2D eigenvalue weighted by molar-refractivity contribution is 7.47. The quantitative estimate of drug-likeness (QED) is 0.0222. The molecule has 0 aliphatic rings. The van der Waals surface area contributed by atoms with Crippen molar-refractivity contribution in [3.8, 4) is 0 Å². The van der Waals surface area contributed by atoms with Gasteiger partial charge in [-0.15, -0.1) is 0 Å². The number of ether oxygens (including phenoxy) is 4. The summed E-state index contributed by atoms with van der Waals surface area (Å²) >= 11 is 0. The minimum absolute atomic E-state index is 0.107. The highest BCUT2D eigenvalue weighted by atomic mass is 31.2. The largest absolute Gasteiger partial charge is 0.472 e. The Labute approximate surface area is 588 Å². The maximum absolute atomic E-state index is 13.1. The molecule has 5 atom stereocenters. The first kappa shape index (κ1) is 94.1. The Balaban J connectivity index is 5.19. The summed E-state index contributed by atoms with van der Waals surface area (Å²) in [5, 5.41) is 10.6. The van der Waals surface area contributed by atoms with E-state index in [1.54, 1.807) is 0 Å². The van der Waals surface area contributed by atoms with Gasteiger partial charge in [-0.25, -0.2) is 9.13 Å². The van der Waals surface area contributed by atoms with Crippen molar-refractivity contribution in [1.82, 2.24) is 0 Å². The number of phosphoric ester groups is 2. The Morgan fingerprint density at radius 1 is 0.281 bits per heavy atom. The summed E-state index contributed by atoms with van der Waals surface area (Å²) in [5.41, 5.74) is 0. The number of unbranched alkanes of at least 4 members (excludes halogenated alkanes) is 49. The summed E-state index contributed by atoms with van der Waals surface area (Å²) in [6.07, 6.45) is 59.8. The van der Waals surface area contributed by atoms with E-state index in [4.69, 9.17) is 37.0 Å². The van der Waals surface area contributed by atoms with E-state index in [1.807, 2.05) is 0 Å². The predicted molar refractivity (Wildman–Crippen MR) is 391 cm³/mol. The van der Waals surface area contributed by atoms with Gasteiger partial charge in [0.05, 0.1) is 26.4 Å². The van der Waals surface area contributed by atoms with E-state index in [2.05, 4.69) is 34.6 Å². The predicted octanol–water partition coefficient (Wildman–Crippen LogP) is 22.9. The van der Waals surface area contributed by atoms with Gasteiger partial charge in [0.15, 0.2) is 12.2 Å². The Morgan fingerprint density at radius 3 is 0.708 bits per heavy atom.